The number of carbonyl (C=O) groups excluding carboxylic acids is 1. The molecule has 0 aliphatic rings. The van der Waals surface area contributed by atoms with E-state index in [0.717, 1.165) is 11.1 Å². The molecule has 0 radical (unpaired) electrons. The molecule has 5 heteroatoms. The quantitative estimate of drug-likeness (QED) is 0.717. The maximum atomic E-state index is 12.2. The Kier molecular flexibility index (Phi) is 4.57. The molecular formula is C20H19NO4. The Bertz CT molecular complexity index is 987. The number of phenolic OH excluding ortho intramolecular Hbond substituents is 1. The molecule has 2 N–H and O–H groups in total. The van der Waals surface area contributed by atoms with Crippen molar-refractivity contribution in [1.82, 2.24) is 5.32 Å². The van der Waals surface area contributed by atoms with Crippen LogP contribution in [-0.2, 0) is 17.8 Å². The summed E-state index contributed by atoms with van der Waals surface area (Å²) in [5.41, 5.74) is 2.94. The summed E-state index contributed by atoms with van der Waals surface area (Å²) in [5, 5.41) is 13.0. The predicted molar refractivity (Wildman–Crippen MR) is 95.6 cm³/mol. The number of phenols is 1. The van der Waals surface area contributed by atoms with E-state index in [1.807, 2.05) is 31.2 Å². The van der Waals surface area contributed by atoms with Crippen molar-refractivity contribution < 1.29 is 14.3 Å². The second kappa shape index (κ2) is 6.81. The number of fused-ring (bicyclic) bond motifs is 1. The fraction of sp³-hybridized carbons (Fsp3) is 0.200. The van der Waals surface area contributed by atoms with E-state index in [1.54, 1.807) is 13.0 Å². The first-order valence-corrected chi connectivity index (χ1v) is 8.01. The third-order valence-electron chi connectivity index (χ3n) is 4.22. The number of nitrogens with one attached hydrogen (secondary N) is 1. The van der Waals surface area contributed by atoms with Crippen LogP contribution < -0.4 is 10.9 Å². The highest BCUT2D eigenvalue weighted by molar-refractivity contribution is 5.85. The lowest BCUT2D eigenvalue weighted by molar-refractivity contribution is -0.120. The summed E-state index contributed by atoms with van der Waals surface area (Å²) in [6, 6.07) is 12.5. The molecule has 1 heterocycles. The number of hydrogen-bond acceptors (Lipinski definition) is 4. The summed E-state index contributed by atoms with van der Waals surface area (Å²) in [4.78, 5) is 24.4. The Morgan fingerprint density at radius 3 is 2.56 bits per heavy atom. The average molecular weight is 337 g/mol. The van der Waals surface area contributed by atoms with E-state index in [1.165, 1.54) is 12.1 Å². The molecular weight excluding hydrogens is 318 g/mol. The highest BCUT2D eigenvalue weighted by Gasteiger charge is 2.15. The second-order valence-corrected chi connectivity index (χ2v) is 6.11. The van der Waals surface area contributed by atoms with Gasteiger partial charge in [0.05, 0.1) is 12.0 Å². The van der Waals surface area contributed by atoms with Gasteiger partial charge in [0.25, 0.3) is 0 Å². The van der Waals surface area contributed by atoms with Crippen LogP contribution in [0.3, 0.4) is 0 Å². The van der Waals surface area contributed by atoms with Crippen LogP contribution in [0.4, 0.5) is 0 Å². The van der Waals surface area contributed by atoms with Crippen LogP contribution in [0.2, 0.25) is 0 Å². The molecule has 1 aromatic heterocycles. The third kappa shape index (κ3) is 3.71. The second-order valence-electron chi connectivity index (χ2n) is 6.11. The molecule has 0 saturated carbocycles. The first-order valence-electron chi connectivity index (χ1n) is 8.01. The van der Waals surface area contributed by atoms with Crippen molar-refractivity contribution in [2.24, 2.45) is 0 Å². The Balaban J connectivity index is 1.77. The maximum Gasteiger partial charge on any atom is 0.340 e. The Hall–Kier alpha value is -3.08. The molecule has 0 spiro atoms. The Labute approximate surface area is 144 Å². The fourth-order valence-electron chi connectivity index (χ4n) is 2.72. The summed E-state index contributed by atoms with van der Waals surface area (Å²) >= 11 is 0. The van der Waals surface area contributed by atoms with Crippen LogP contribution in [0.25, 0.3) is 11.0 Å². The van der Waals surface area contributed by atoms with Gasteiger partial charge in [0.15, 0.2) is 0 Å². The number of carbonyl (C=O) groups is 1. The van der Waals surface area contributed by atoms with Gasteiger partial charge in [-0.3, -0.25) is 4.79 Å². The summed E-state index contributed by atoms with van der Waals surface area (Å²) in [5.74, 6) is -0.215. The summed E-state index contributed by atoms with van der Waals surface area (Å²) < 4.78 is 5.24. The average Bonchev–Trinajstić information content (AvgIpc) is 2.58. The van der Waals surface area contributed by atoms with Crippen molar-refractivity contribution in [3.05, 3.63) is 75.1 Å². The zero-order valence-corrected chi connectivity index (χ0v) is 14.1. The maximum absolute atomic E-state index is 12.2. The minimum absolute atomic E-state index is 0.0265. The van der Waals surface area contributed by atoms with Crippen molar-refractivity contribution in [1.29, 1.82) is 0 Å². The van der Waals surface area contributed by atoms with Crippen LogP contribution in [0.5, 0.6) is 5.75 Å². The van der Waals surface area contributed by atoms with Gasteiger partial charge in [0, 0.05) is 18.0 Å². The number of hydrogen-bond donors (Lipinski definition) is 2. The molecule has 128 valence electrons. The molecule has 0 aliphatic heterocycles. The van der Waals surface area contributed by atoms with E-state index >= 15 is 0 Å². The summed E-state index contributed by atoms with van der Waals surface area (Å²) in [6.07, 6.45) is -0.0448. The zero-order chi connectivity index (χ0) is 18.0. The topological polar surface area (TPSA) is 79.5 Å². The molecule has 0 saturated heterocycles. The number of aromatic hydroxyl groups is 1. The molecule has 1 amide bonds. The van der Waals surface area contributed by atoms with Crippen LogP contribution in [0.15, 0.2) is 51.7 Å². The SMILES string of the molecule is Cc1ccc(CNC(=O)Cc2c(C)c3ccc(O)cc3oc2=O)cc1. The first-order chi connectivity index (χ1) is 11.9. The molecule has 0 unspecified atom stereocenters. The number of aryl methyl sites for hydroxylation is 2. The molecule has 0 bridgehead atoms. The standard InChI is InChI=1S/C20H19NO4/c1-12-3-5-14(6-4-12)11-21-19(23)10-17-13(2)16-8-7-15(22)9-18(16)25-20(17)24/h3-9,22H,10-11H2,1-2H3,(H,21,23). The smallest absolute Gasteiger partial charge is 0.340 e. The van der Waals surface area contributed by atoms with Gasteiger partial charge in [-0.15, -0.1) is 0 Å². The fourth-order valence-corrected chi connectivity index (χ4v) is 2.72. The number of rotatable bonds is 4. The molecule has 0 atom stereocenters. The number of benzene rings is 2. The van der Waals surface area contributed by atoms with E-state index in [4.69, 9.17) is 4.42 Å². The van der Waals surface area contributed by atoms with Crippen LogP contribution in [0.1, 0.15) is 22.3 Å². The van der Waals surface area contributed by atoms with Crippen LogP contribution in [-0.4, -0.2) is 11.0 Å². The van der Waals surface area contributed by atoms with Gasteiger partial charge in [-0.25, -0.2) is 4.79 Å². The lowest BCUT2D eigenvalue weighted by Crippen LogP contribution is -2.27. The van der Waals surface area contributed by atoms with Crippen molar-refractivity contribution in [2.45, 2.75) is 26.8 Å². The van der Waals surface area contributed by atoms with E-state index < -0.39 is 5.63 Å². The van der Waals surface area contributed by atoms with Gasteiger partial charge in [-0.1, -0.05) is 29.8 Å². The van der Waals surface area contributed by atoms with Gasteiger partial charge in [-0.2, -0.15) is 0 Å². The molecule has 2 aromatic carbocycles. The first kappa shape index (κ1) is 16.8. The Morgan fingerprint density at radius 2 is 1.84 bits per heavy atom. The third-order valence-corrected chi connectivity index (χ3v) is 4.22. The van der Waals surface area contributed by atoms with E-state index in [0.29, 0.717) is 28.6 Å². The van der Waals surface area contributed by atoms with E-state index in [-0.39, 0.29) is 18.1 Å². The normalized spacial score (nSPS) is 10.8. The predicted octanol–water partition coefficient (Wildman–Crippen LogP) is 2.97. The zero-order valence-electron chi connectivity index (χ0n) is 14.1. The molecule has 3 aromatic rings. The van der Waals surface area contributed by atoms with E-state index in [9.17, 15) is 14.7 Å². The lowest BCUT2D eigenvalue weighted by Gasteiger charge is -2.09. The lowest BCUT2D eigenvalue weighted by atomic mass is 10.0. The minimum atomic E-state index is -0.555. The molecule has 3 rings (SSSR count). The van der Waals surface area contributed by atoms with Gasteiger partial charge in [0.1, 0.15) is 11.3 Å². The Morgan fingerprint density at radius 1 is 1.12 bits per heavy atom. The minimum Gasteiger partial charge on any atom is -0.508 e. The molecule has 0 aliphatic carbocycles. The van der Waals surface area contributed by atoms with Crippen molar-refractivity contribution in [3.63, 3.8) is 0 Å². The van der Waals surface area contributed by atoms with Crippen LogP contribution in [0, 0.1) is 13.8 Å². The van der Waals surface area contributed by atoms with Crippen LogP contribution >= 0.6 is 0 Å². The highest BCUT2D eigenvalue weighted by Crippen LogP contribution is 2.23. The molecule has 0 fully saturated rings. The molecule has 25 heavy (non-hydrogen) atoms. The largest absolute Gasteiger partial charge is 0.508 e. The van der Waals surface area contributed by atoms with Crippen molar-refractivity contribution in [3.8, 4) is 5.75 Å². The van der Waals surface area contributed by atoms with Crippen molar-refractivity contribution in [2.75, 3.05) is 0 Å². The highest BCUT2D eigenvalue weighted by atomic mass is 16.4. The van der Waals surface area contributed by atoms with Gasteiger partial charge in [-0.05, 0) is 37.1 Å². The van der Waals surface area contributed by atoms with Gasteiger partial charge in [0.2, 0.25) is 5.91 Å². The van der Waals surface area contributed by atoms with E-state index in [2.05, 4.69) is 5.32 Å². The van der Waals surface area contributed by atoms with Crippen molar-refractivity contribution >= 4 is 16.9 Å². The van der Waals surface area contributed by atoms with Gasteiger partial charge >= 0.3 is 5.63 Å². The number of amides is 1. The molecule has 5 nitrogen and oxygen atoms in total. The summed E-state index contributed by atoms with van der Waals surface area (Å²) in [6.45, 7) is 4.19. The van der Waals surface area contributed by atoms with Gasteiger partial charge < -0.3 is 14.8 Å². The summed E-state index contributed by atoms with van der Waals surface area (Å²) in [7, 11) is 0. The monoisotopic (exact) mass is 337 g/mol.